The predicted molar refractivity (Wildman–Crippen MR) is 107 cm³/mol. The van der Waals surface area contributed by atoms with E-state index in [1.165, 1.54) is 25.7 Å². The highest BCUT2D eigenvalue weighted by Crippen LogP contribution is 2.28. The molecule has 0 aliphatic carbocycles. The maximum atomic E-state index is 4.99. The molecule has 0 radical (unpaired) electrons. The van der Waals surface area contributed by atoms with Crippen molar-refractivity contribution in [3.8, 4) is 11.4 Å². The molecule has 0 N–H and O–H groups in total. The second-order valence-electron chi connectivity index (χ2n) is 6.45. The highest BCUT2D eigenvalue weighted by molar-refractivity contribution is 5.91. The van der Waals surface area contributed by atoms with Gasteiger partial charge in [-0.3, -0.25) is 0 Å². The highest BCUT2D eigenvalue weighted by atomic mass is 35.5. The van der Waals surface area contributed by atoms with Gasteiger partial charge in [0.05, 0.1) is 5.52 Å². The van der Waals surface area contributed by atoms with Crippen molar-refractivity contribution in [2.24, 2.45) is 0 Å². The van der Waals surface area contributed by atoms with Crippen LogP contribution < -0.4 is 17.3 Å². The fraction of sp³-hybridized carbons (Fsp3) is 0.364. The Morgan fingerprint density at radius 1 is 0.769 bits per heavy atom. The van der Waals surface area contributed by atoms with E-state index in [-0.39, 0.29) is 12.4 Å². The molecule has 0 spiro atoms. The molecule has 0 fully saturated rings. The zero-order chi connectivity index (χ0) is 17.5. The average molecular weight is 369 g/mol. The standard InChI is InChI=1S/C22H27N3.ClH/c1-3-5-16-25(17-6-4-2)22-19-14-10-11-15-20(19)23-21(24-22)18-12-8-7-9-13-18;/h7-15H,3-6,16-17H2,1-2H3;1H/p-1. The summed E-state index contributed by atoms with van der Waals surface area (Å²) in [5.41, 5.74) is 2.09. The molecule has 0 unspecified atom stereocenters. The lowest BCUT2D eigenvalue weighted by Gasteiger charge is -2.25. The molecule has 3 rings (SSSR count). The van der Waals surface area contributed by atoms with Gasteiger partial charge in [-0.2, -0.15) is 0 Å². The molecule has 1 heterocycles. The molecule has 0 saturated heterocycles. The van der Waals surface area contributed by atoms with Crippen molar-refractivity contribution in [3.63, 3.8) is 0 Å². The summed E-state index contributed by atoms with van der Waals surface area (Å²) in [5, 5.41) is 1.15. The first kappa shape index (κ1) is 20.2. The number of fused-ring (bicyclic) bond motifs is 1. The summed E-state index contributed by atoms with van der Waals surface area (Å²) < 4.78 is 0. The van der Waals surface area contributed by atoms with E-state index < -0.39 is 0 Å². The lowest BCUT2D eigenvalue weighted by atomic mass is 10.1. The minimum Gasteiger partial charge on any atom is -1.00 e. The average Bonchev–Trinajstić information content (AvgIpc) is 2.68. The van der Waals surface area contributed by atoms with Gasteiger partial charge in [-0.25, -0.2) is 9.97 Å². The van der Waals surface area contributed by atoms with Gasteiger partial charge in [0.2, 0.25) is 0 Å². The number of benzene rings is 2. The third-order valence-electron chi connectivity index (χ3n) is 4.48. The molecule has 0 aliphatic rings. The third kappa shape index (κ3) is 4.73. The number of para-hydroxylation sites is 1. The molecule has 0 amide bonds. The summed E-state index contributed by atoms with van der Waals surface area (Å²) in [6.45, 7) is 6.58. The number of rotatable bonds is 8. The fourth-order valence-electron chi connectivity index (χ4n) is 3.04. The number of nitrogens with zero attached hydrogens (tertiary/aromatic N) is 3. The van der Waals surface area contributed by atoms with Gasteiger partial charge in [0.1, 0.15) is 5.82 Å². The maximum Gasteiger partial charge on any atom is 0.162 e. The van der Waals surface area contributed by atoms with Crippen LogP contribution in [0.2, 0.25) is 0 Å². The number of hydrogen-bond donors (Lipinski definition) is 0. The topological polar surface area (TPSA) is 29.0 Å². The summed E-state index contributed by atoms with van der Waals surface area (Å²) in [4.78, 5) is 12.3. The van der Waals surface area contributed by atoms with Crippen LogP contribution in [0.25, 0.3) is 22.3 Å². The van der Waals surface area contributed by atoms with E-state index in [0.29, 0.717) is 0 Å². The van der Waals surface area contributed by atoms with Crippen LogP contribution >= 0.6 is 0 Å². The van der Waals surface area contributed by atoms with Crippen LogP contribution in [0, 0.1) is 0 Å². The Balaban J connectivity index is 0.00000243. The van der Waals surface area contributed by atoms with Gasteiger partial charge in [-0.15, -0.1) is 0 Å². The molecular weight excluding hydrogens is 342 g/mol. The van der Waals surface area contributed by atoms with Crippen LogP contribution in [0.5, 0.6) is 0 Å². The second kappa shape index (κ2) is 10.1. The molecule has 0 atom stereocenters. The Morgan fingerprint density at radius 3 is 2.04 bits per heavy atom. The first-order valence-electron chi connectivity index (χ1n) is 9.40. The largest absolute Gasteiger partial charge is 1.00 e. The maximum absolute atomic E-state index is 4.99. The Bertz CT molecular complexity index is 797. The van der Waals surface area contributed by atoms with E-state index in [1.54, 1.807) is 0 Å². The van der Waals surface area contributed by atoms with Crippen molar-refractivity contribution in [2.45, 2.75) is 39.5 Å². The lowest BCUT2D eigenvalue weighted by Crippen LogP contribution is -3.00. The molecule has 0 bridgehead atoms. The molecular formula is C22H27ClN3-. The smallest absolute Gasteiger partial charge is 0.162 e. The predicted octanol–water partition coefficient (Wildman–Crippen LogP) is 2.71. The molecule has 0 aliphatic heterocycles. The van der Waals surface area contributed by atoms with Gasteiger partial charge in [0.15, 0.2) is 5.82 Å². The monoisotopic (exact) mass is 368 g/mol. The summed E-state index contributed by atoms with van der Waals surface area (Å²) in [7, 11) is 0. The molecule has 3 aromatic rings. The van der Waals surface area contributed by atoms with Gasteiger partial charge in [-0.1, -0.05) is 69.2 Å². The van der Waals surface area contributed by atoms with Gasteiger partial charge >= 0.3 is 0 Å². The minimum atomic E-state index is 0. The number of hydrogen-bond acceptors (Lipinski definition) is 3. The Labute approximate surface area is 162 Å². The zero-order valence-corrected chi connectivity index (χ0v) is 16.4. The minimum absolute atomic E-state index is 0. The first-order valence-corrected chi connectivity index (χ1v) is 9.40. The van der Waals surface area contributed by atoms with Crippen LogP contribution in [0.4, 0.5) is 5.82 Å². The number of anilines is 1. The summed E-state index contributed by atoms with van der Waals surface area (Å²) in [6.07, 6.45) is 4.75. The van der Waals surface area contributed by atoms with Crippen LogP contribution in [0.15, 0.2) is 54.6 Å². The van der Waals surface area contributed by atoms with Crippen molar-refractivity contribution in [1.29, 1.82) is 0 Å². The molecule has 0 saturated carbocycles. The molecule has 138 valence electrons. The fourth-order valence-corrected chi connectivity index (χ4v) is 3.04. The van der Waals surface area contributed by atoms with Gasteiger partial charge < -0.3 is 17.3 Å². The highest BCUT2D eigenvalue weighted by Gasteiger charge is 2.14. The second-order valence-corrected chi connectivity index (χ2v) is 6.45. The van der Waals surface area contributed by atoms with Gasteiger partial charge in [0, 0.05) is 24.0 Å². The van der Waals surface area contributed by atoms with E-state index >= 15 is 0 Å². The van der Waals surface area contributed by atoms with Crippen molar-refractivity contribution >= 4 is 16.7 Å². The number of aromatic nitrogens is 2. The van der Waals surface area contributed by atoms with E-state index in [9.17, 15) is 0 Å². The Morgan fingerprint density at radius 2 is 1.38 bits per heavy atom. The molecule has 3 nitrogen and oxygen atoms in total. The molecule has 4 heteroatoms. The Kier molecular flexibility index (Phi) is 7.86. The quantitative estimate of drug-likeness (QED) is 0.612. The lowest BCUT2D eigenvalue weighted by molar-refractivity contribution is -0.00000527. The molecule has 26 heavy (non-hydrogen) atoms. The first-order chi connectivity index (χ1) is 12.3. The summed E-state index contributed by atoms with van der Waals surface area (Å²) in [6, 6.07) is 18.6. The van der Waals surface area contributed by atoms with Crippen LogP contribution in [0.3, 0.4) is 0 Å². The van der Waals surface area contributed by atoms with E-state index in [0.717, 1.165) is 41.2 Å². The van der Waals surface area contributed by atoms with Crippen LogP contribution in [0.1, 0.15) is 39.5 Å². The number of unbranched alkanes of at least 4 members (excludes halogenated alkanes) is 2. The van der Waals surface area contributed by atoms with Crippen molar-refractivity contribution in [2.75, 3.05) is 18.0 Å². The Hall–Kier alpha value is -2.13. The van der Waals surface area contributed by atoms with Gasteiger partial charge in [0.25, 0.3) is 0 Å². The molecule has 1 aromatic heterocycles. The van der Waals surface area contributed by atoms with Crippen LogP contribution in [-0.2, 0) is 0 Å². The molecule has 2 aromatic carbocycles. The number of halogens is 1. The summed E-state index contributed by atoms with van der Waals surface area (Å²) >= 11 is 0. The van der Waals surface area contributed by atoms with Crippen molar-refractivity contribution in [3.05, 3.63) is 54.6 Å². The normalized spacial score (nSPS) is 10.5. The SMILES string of the molecule is CCCCN(CCCC)c1nc(-c2ccccc2)nc2ccccc12.[Cl-]. The third-order valence-corrected chi connectivity index (χ3v) is 4.48. The van der Waals surface area contributed by atoms with E-state index in [4.69, 9.17) is 9.97 Å². The van der Waals surface area contributed by atoms with Crippen molar-refractivity contribution in [1.82, 2.24) is 9.97 Å². The van der Waals surface area contributed by atoms with E-state index in [1.807, 2.05) is 18.2 Å². The summed E-state index contributed by atoms with van der Waals surface area (Å²) in [5.74, 6) is 1.89. The van der Waals surface area contributed by atoms with Gasteiger partial charge in [-0.05, 0) is 25.0 Å². The van der Waals surface area contributed by atoms with E-state index in [2.05, 4.69) is 55.1 Å². The van der Waals surface area contributed by atoms with Crippen LogP contribution in [-0.4, -0.2) is 23.1 Å². The zero-order valence-electron chi connectivity index (χ0n) is 15.7. The van der Waals surface area contributed by atoms with Crippen molar-refractivity contribution < 1.29 is 12.4 Å².